The van der Waals surface area contributed by atoms with Crippen LogP contribution in [0.3, 0.4) is 0 Å². The van der Waals surface area contributed by atoms with Crippen LogP contribution in [0.4, 0.5) is 16.2 Å². The highest BCUT2D eigenvalue weighted by atomic mass is 16.2. The van der Waals surface area contributed by atoms with E-state index in [-0.39, 0.29) is 17.2 Å². The Hall–Kier alpha value is -3.40. The van der Waals surface area contributed by atoms with Crippen molar-refractivity contribution in [1.29, 1.82) is 0 Å². The van der Waals surface area contributed by atoms with E-state index in [0.29, 0.717) is 17.7 Å². The maximum Gasteiger partial charge on any atom is 0.323 e. The van der Waals surface area contributed by atoms with E-state index in [2.05, 4.69) is 31.4 Å². The molecule has 3 rings (SSSR count). The van der Waals surface area contributed by atoms with Gasteiger partial charge in [0.15, 0.2) is 5.78 Å². The van der Waals surface area contributed by atoms with Crippen LogP contribution in [0.25, 0.3) is 0 Å². The van der Waals surface area contributed by atoms with E-state index in [0.717, 1.165) is 11.3 Å². The number of anilines is 2. The minimum Gasteiger partial charge on any atom is -0.308 e. The lowest BCUT2D eigenvalue weighted by atomic mass is 9.86. The molecule has 0 saturated carbocycles. The molecule has 0 radical (unpaired) electrons. The van der Waals surface area contributed by atoms with E-state index in [9.17, 15) is 9.59 Å². The first-order valence-electron chi connectivity index (χ1n) is 9.67. The predicted octanol–water partition coefficient (Wildman–Crippen LogP) is 6.05. The summed E-state index contributed by atoms with van der Waals surface area (Å²) in [5, 5.41) is 5.56. The zero-order valence-electron chi connectivity index (χ0n) is 17.0. The zero-order chi connectivity index (χ0) is 20.9. The third-order valence-corrected chi connectivity index (χ3v) is 4.68. The number of hydrogen-bond donors (Lipinski definition) is 2. The highest BCUT2D eigenvalue weighted by molar-refractivity contribution is 6.00. The minimum atomic E-state index is -0.307. The Bertz CT molecular complexity index is 970. The molecule has 0 spiro atoms. The van der Waals surface area contributed by atoms with Gasteiger partial charge in [0.2, 0.25) is 0 Å². The second-order valence-corrected chi connectivity index (χ2v) is 8.07. The third kappa shape index (κ3) is 5.79. The number of urea groups is 1. The van der Waals surface area contributed by atoms with Gasteiger partial charge in [-0.3, -0.25) is 4.79 Å². The maximum atomic E-state index is 12.6. The zero-order valence-corrected chi connectivity index (χ0v) is 17.0. The summed E-state index contributed by atoms with van der Waals surface area (Å²) in [4.78, 5) is 24.6. The van der Waals surface area contributed by atoms with Crippen LogP contribution in [0.2, 0.25) is 0 Å². The lowest BCUT2D eigenvalue weighted by Crippen LogP contribution is -2.19. The lowest BCUT2D eigenvalue weighted by Gasteiger charge is -2.19. The SMILES string of the molecule is CC(C)(C)c1ccc(C(=O)Cc2ccc(NC(=O)Nc3ccccc3)cc2)cc1. The van der Waals surface area contributed by atoms with Gasteiger partial charge in [0, 0.05) is 23.4 Å². The summed E-state index contributed by atoms with van der Waals surface area (Å²) in [6, 6.07) is 24.1. The lowest BCUT2D eigenvalue weighted by molar-refractivity contribution is 0.0993. The molecular formula is C25H26N2O2. The third-order valence-electron chi connectivity index (χ3n) is 4.68. The normalized spacial score (nSPS) is 11.0. The first-order chi connectivity index (χ1) is 13.8. The van der Waals surface area contributed by atoms with Crippen molar-refractivity contribution in [2.24, 2.45) is 0 Å². The van der Waals surface area contributed by atoms with Crippen molar-refractivity contribution in [3.63, 3.8) is 0 Å². The topological polar surface area (TPSA) is 58.2 Å². The monoisotopic (exact) mass is 386 g/mol. The standard InChI is InChI=1S/C25H26N2O2/c1-25(2,3)20-13-11-19(12-14-20)23(28)17-18-9-15-22(16-10-18)27-24(29)26-21-7-5-4-6-8-21/h4-16H,17H2,1-3H3,(H2,26,27,29). The fraction of sp³-hybridized carbons (Fsp3) is 0.200. The van der Waals surface area contributed by atoms with Gasteiger partial charge in [-0.1, -0.05) is 75.4 Å². The molecule has 0 fully saturated rings. The maximum absolute atomic E-state index is 12.6. The van der Waals surface area contributed by atoms with Crippen molar-refractivity contribution in [3.05, 3.63) is 95.6 Å². The molecular weight excluding hydrogens is 360 g/mol. The van der Waals surface area contributed by atoms with Crippen LogP contribution in [0, 0.1) is 0 Å². The molecule has 4 heteroatoms. The number of rotatable bonds is 5. The predicted molar refractivity (Wildman–Crippen MR) is 119 cm³/mol. The number of ketones is 1. The number of amides is 2. The Morgan fingerprint density at radius 2 is 1.28 bits per heavy atom. The Morgan fingerprint density at radius 1 is 0.724 bits per heavy atom. The van der Waals surface area contributed by atoms with Crippen molar-refractivity contribution in [2.45, 2.75) is 32.6 Å². The van der Waals surface area contributed by atoms with Gasteiger partial charge >= 0.3 is 6.03 Å². The summed E-state index contributed by atoms with van der Waals surface area (Å²) in [5.74, 6) is 0.0768. The van der Waals surface area contributed by atoms with Gasteiger partial charge in [-0.25, -0.2) is 4.79 Å². The van der Waals surface area contributed by atoms with E-state index in [4.69, 9.17) is 0 Å². The Morgan fingerprint density at radius 3 is 1.83 bits per heavy atom. The molecule has 0 unspecified atom stereocenters. The van der Waals surface area contributed by atoms with Gasteiger partial charge in [0.25, 0.3) is 0 Å². The van der Waals surface area contributed by atoms with E-state index < -0.39 is 0 Å². The Kier molecular flexibility index (Phi) is 6.13. The van der Waals surface area contributed by atoms with E-state index in [1.165, 1.54) is 5.56 Å². The first kappa shape index (κ1) is 20.3. The van der Waals surface area contributed by atoms with Crippen LogP contribution in [0.5, 0.6) is 0 Å². The molecule has 2 N–H and O–H groups in total. The van der Waals surface area contributed by atoms with Crippen molar-refractivity contribution in [3.8, 4) is 0 Å². The van der Waals surface area contributed by atoms with Crippen LogP contribution in [0.1, 0.15) is 42.3 Å². The number of benzene rings is 3. The fourth-order valence-electron chi connectivity index (χ4n) is 2.96. The molecule has 0 saturated heterocycles. The van der Waals surface area contributed by atoms with Crippen molar-refractivity contribution in [2.75, 3.05) is 10.6 Å². The summed E-state index contributed by atoms with van der Waals surface area (Å²) >= 11 is 0. The number of carbonyl (C=O) groups is 2. The molecule has 3 aromatic carbocycles. The molecule has 0 atom stereocenters. The fourth-order valence-corrected chi connectivity index (χ4v) is 2.96. The summed E-state index contributed by atoms with van der Waals surface area (Å²) in [6.45, 7) is 6.46. The summed E-state index contributed by atoms with van der Waals surface area (Å²) in [6.07, 6.45) is 0.325. The molecule has 2 amide bonds. The number of Topliss-reactive ketones (excluding diaryl/α,β-unsaturated/α-hetero) is 1. The van der Waals surface area contributed by atoms with Crippen molar-refractivity contribution >= 4 is 23.2 Å². The number of hydrogen-bond acceptors (Lipinski definition) is 2. The van der Waals surface area contributed by atoms with Crippen LogP contribution in [0.15, 0.2) is 78.9 Å². The van der Waals surface area contributed by atoms with Crippen LogP contribution < -0.4 is 10.6 Å². The number of nitrogens with one attached hydrogen (secondary N) is 2. The van der Waals surface area contributed by atoms with Gasteiger partial charge in [0.05, 0.1) is 0 Å². The molecule has 3 aromatic rings. The summed E-state index contributed by atoms with van der Waals surface area (Å²) < 4.78 is 0. The smallest absolute Gasteiger partial charge is 0.308 e. The molecule has 4 nitrogen and oxygen atoms in total. The highest BCUT2D eigenvalue weighted by Crippen LogP contribution is 2.22. The van der Waals surface area contributed by atoms with Gasteiger partial charge in [-0.15, -0.1) is 0 Å². The average Bonchev–Trinajstić information content (AvgIpc) is 2.69. The molecule has 0 bridgehead atoms. The Balaban J connectivity index is 1.57. The van der Waals surface area contributed by atoms with Gasteiger partial charge in [0.1, 0.15) is 0 Å². The van der Waals surface area contributed by atoms with E-state index in [1.807, 2.05) is 66.7 Å². The van der Waals surface area contributed by atoms with Gasteiger partial charge in [-0.05, 0) is 40.8 Å². The van der Waals surface area contributed by atoms with Gasteiger partial charge in [-0.2, -0.15) is 0 Å². The molecule has 0 aliphatic carbocycles. The first-order valence-corrected chi connectivity index (χ1v) is 9.67. The van der Waals surface area contributed by atoms with Crippen LogP contribution >= 0.6 is 0 Å². The highest BCUT2D eigenvalue weighted by Gasteiger charge is 2.14. The van der Waals surface area contributed by atoms with Crippen molar-refractivity contribution < 1.29 is 9.59 Å². The van der Waals surface area contributed by atoms with Crippen LogP contribution in [-0.4, -0.2) is 11.8 Å². The summed E-state index contributed by atoms with van der Waals surface area (Å²) in [7, 11) is 0. The number of carbonyl (C=O) groups excluding carboxylic acids is 2. The molecule has 0 heterocycles. The minimum absolute atomic E-state index is 0.0667. The van der Waals surface area contributed by atoms with Gasteiger partial charge < -0.3 is 10.6 Å². The molecule has 0 aliphatic rings. The second kappa shape index (κ2) is 8.74. The molecule has 0 aliphatic heterocycles. The molecule has 0 aromatic heterocycles. The number of para-hydroxylation sites is 1. The average molecular weight is 386 g/mol. The van der Waals surface area contributed by atoms with E-state index in [1.54, 1.807) is 12.1 Å². The second-order valence-electron chi connectivity index (χ2n) is 8.07. The molecule has 29 heavy (non-hydrogen) atoms. The molecule has 148 valence electrons. The van der Waals surface area contributed by atoms with Crippen molar-refractivity contribution in [1.82, 2.24) is 0 Å². The summed E-state index contributed by atoms with van der Waals surface area (Å²) in [5.41, 5.74) is 4.29. The van der Waals surface area contributed by atoms with E-state index >= 15 is 0 Å². The Labute approximate surface area is 172 Å². The quantitative estimate of drug-likeness (QED) is 0.524. The van der Waals surface area contributed by atoms with Crippen LogP contribution in [-0.2, 0) is 11.8 Å². The largest absolute Gasteiger partial charge is 0.323 e.